The van der Waals surface area contributed by atoms with Gasteiger partial charge in [0.2, 0.25) is 0 Å². The van der Waals surface area contributed by atoms with Gasteiger partial charge in [0, 0.05) is 12.4 Å². The number of carbonyl (C=O) groups excluding carboxylic acids is 1. The summed E-state index contributed by atoms with van der Waals surface area (Å²) in [5, 5.41) is 2.51. The van der Waals surface area contributed by atoms with Crippen LogP contribution in [0.3, 0.4) is 0 Å². The van der Waals surface area contributed by atoms with Crippen molar-refractivity contribution in [3.05, 3.63) is 54.5 Å². The molecule has 1 aromatic heterocycles. The summed E-state index contributed by atoms with van der Waals surface area (Å²) < 4.78 is 5.22. The zero-order chi connectivity index (χ0) is 12.8. The summed E-state index contributed by atoms with van der Waals surface area (Å²) in [6.07, 6.45) is 3.61. The minimum Gasteiger partial charge on any atom is -0.441 e. The lowest BCUT2D eigenvalue weighted by Gasteiger charge is -2.13. The van der Waals surface area contributed by atoms with Crippen molar-refractivity contribution < 1.29 is 9.53 Å². The number of nitrogens with one attached hydrogen (secondary N) is 1. The van der Waals surface area contributed by atoms with E-state index in [-0.39, 0.29) is 6.10 Å². The van der Waals surface area contributed by atoms with Crippen LogP contribution < -0.4 is 5.32 Å². The lowest BCUT2D eigenvalue weighted by atomic mass is 10.1. The van der Waals surface area contributed by atoms with Gasteiger partial charge in [-0.2, -0.15) is 0 Å². The van der Waals surface area contributed by atoms with E-state index in [1.807, 2.05) is 37.3 Å². The number of anilines is 1. The molecule has 0 aliphatic rings. The largest absolute Gasteiger partial charge is 0.441 e. The molecule has 0 aliphatic heterocycles. The summed E-state index contributed by atoms with van der Waals surface area (Å²) in [5.74, 6) is 0.364. The molecule has 1 N–H and O–H groups in total. The minimum atomic E-state index is -0.549. The summed E-state index contributed by atoms with van der Waals surface area (Å²) in [4.78, 5) is 19.4. The molecule has 0 saturated heterocycles. The van der Waals surface area contributed by atoms with Crippen LogP contribution in [0, 0.1) is 0 Å². The molecule has 0 radical (unpaired) electrons. The van der Waals surface area contributed by atoms with Gasteiger partial charge in [-0.3, -0.25) is 10.3 Å². The molecule has 0 bridgehead atoms. The second kappa shape index (κ2) is 5.77. The predicted octanol–water partition coefficient (Wildman–Crippen LogP) is 2.79. The highest BCUT2D eigenvalue weighted by Gasteiger charge is 2.11. The highest BCUT2D eigenvalue weighted by molar-refractivity contribution is 5.83. The molecule has 1 heterocycles. The molecule has 0 aliphatic carbocycles. The van der Waals surface area contributed by atoms with Gasteiger partial charge >= 0.3 is 6.09 Å². The number of amides is 1. The first-order valence-electron chi connectivity index (χ1n) is 5.54. The van der Waals surface area contributed by atoms with Crippen LogP contribution >= 0.6 is 0 Å². The van der Waals surface area contributed by atoms with Gasteiger partial charge in [-0.05, 0) is 12.5 Å². The van der Waals surface area contributed by atoms with E-state index in [1.54, 1.807) is 0 Å². The van der Waals surface area contributed by atoms with Crippen molar-refractivity contribution in [2.45, 2.75) is 13.0 Å². The molecular formula is C13H13N3O2. The van der Waals surface area contributed by atoms with Gasteiger partial charge in [0.25, 0.3) is 0 Å². The van der Waals surface area contributed by atoms with Crippen LogP contribution in [-0.4, -0.2) is 16.1 Å². The Morgan fingerprint density at radius 2 is 2.06 bits per heavy atom. The van der Waals surface area contributed by atoms with Crippen molar-refractivity contribution in [2.75, 3.05) is 5.32 Å². The second-order valence-corrected chi connectivity index (χ2v) is 3.67. The number of aromatic nitrogens is 2. The zero-order valence-corrected chi connectivity index (χ0v) is 9.91. The summed E-state index contributed by atoms with van der Waals surface area (Å²) in [5.41, 5.74) is 0.937. The molecule has 5 nitrogen and oxygen atoms in total. The number of nitrogens with zero attached hydrogens (tertiary/aromatic N) is 2. The Hall–Kier alpha value is -2.43. The molecule has 0 saturated carbocycles. The Bertz CT molecular complexity index is 502. The third-order valence-corrected chi connectivity index (χ3v) is 2.35. The lowest BCUT2D eigenvalue weighted by molar-refractivity contribution is 0.121. The second-order valence-electron chi connectivity index (χ2n) is 3.67. The number of ether oxygens (including phenoxy) is 1. The monoisotopic (exact) mass is 243 g/mol. The number of carbonyl (C=O) groups is 1. The summed E-state index contributed by atoms with van der Waals surface area (Å²) in [7, 11) is 0. The molecule has 0 fully saturated rings. The van der Waals surface area contributed by atoms with Crippen LogP contribution in [0.1, 0.15) is 18.6 Å². The standard InChI is InChI=1S/C13H13N3O2/c1-10(11-5-3-2-4-6-11)18-13(17)16-12-9-14-7-8-15-12/h2-10H,1H3,(H,15,16,17). The molecule has 1 unspecified atom stereocenters. The van der Waals surface area contributed by atoms with E-state index in [0.717, 1.165) is 5.56 Å². The maximum atomic E-state index is 11.6. The van der Waals surface area contributed by atoms with Crippen LogP contribution in [-0.2, 0) is 4.74 Å². The van der Waals surface area contributed by atoms with E-state index in [1.165, 1.54) is 18.6 Å². The van der Waals surface area contributed by atoms with E-state index < -0.39 is 6.09 Å². The predicted molar refractivity (Wildman–Crippen MR) is 67.0 cm³/mol. The fraction of sp³-hybridized carbons (Fsp3) is 0.154. The Morgan fingerprint density at radius 3 is 2.72 bits per heavy atom. The Balaban J connectivity index is 1.92. The maximum absolute atomic E-state index is 11.6. The van der Waals surface area contributed by atoms with Crippen molar-refractivity contribution >= 4 is 11.9 Å². The average molecular weight is 243 g/mol. The van der Waals surface area contributed by atoms with Crippen LogP contribution in [0.25, 0.3) is 0 Å². The molecule has 92 valence electrons. The van der Waals surface area contributed by atoms with Gasteiger partial charge < -0.3 is 4.74 Å². The number of hydrogen-bond acceptors (Lipinski definition) is 4. The van der Waals surface area contributed by atoms with Crippen molar-refractivity contribution in [3.8, 4) is 0 Å². The van der Waals surface area contributed by atoms with E-state index in [4.69, 9.17) is 4.74 Å². The van der Waals surface area contributed by atoms with E-state index in [9.17, 15) is 4.79 Å². The normalized spacial score (nSPS) is 11.6. The summed E-state index contributed by atoms with van der Waals surface area (Å²) >= 11 is 0. The minimum absolute atomic E-state index is 0.317. The van der Waals surface area contributed by atoms with Gasteiger partial charge in [0.1, 0.15) is 6.10 Å². The molecule has 5 heteroatoms. The van der Waals surface area contributed by atoms with Crippen molar-refractivity contribution in [3.63, 3.8) is 0 Å². The molecule has 0 spiro atoms. The third kappa shape index (κ3) is 3.28. The quantitative estimate of drug-likeness (QED) is 0.900. The van der Waals surface area contributed by atoms with Crippen molar-refractivity contribution in [1.29, 1.82) is 0 Å². The Labute approximate surface area is 105 Å². The topological polar surface area (TPSA) is 64.1 Å². The van der Waals surface area contributed by atoms with Gasteiger partial charge in [0.15, 0.2) is 5.82 Å². The molecule has 2 aromatic rings. The van der Waals surface area contributed by atoms with Crippen LogP contribution in [0.5, 0.6) is 0 Å². The molecule has 1 aromatic carbocycles. The van der Waals surface area contributed by atoms with Crippen LogP contribution in [0.4, 0.5) is 10.6 Å². The maximum Gasteiger partial charge on any atom is 0.413 e. The summed E-state index contributed by atoms with van der Waals surface area (Å²) in [6.45, 7) is 1.81. The highest BCUT2D eigenvalue weighted by Crippen LogP contribution is 2.16. The Morgan fingerprint density at radius 1 is 1.28 bits per heavy atom. The van der Waals surface area contributed by atoms with Crippen LogP contribution in [0.15, 0.2) is 48.9 Å². The molecule has 1 amide bonds. The first kappa shape index (κ1) is 12.0. The first-order chi connectivity index (χ1) is 8.75. The Kier molecular flexibility index (Phi) is 3.86. The number of hydrogen-bond donors (Lipinski definition) is 1. The van der Waals surface area contributed by atoms with Gasteiger partial charge in [-0.1, -0.05) is 30.3 Å². The lowest BCUT2D eigenvalue weighted by Crippen LogP contribution is -2.16. The fourth-order valence-corrected chi connectivity index (χ4v) is 1.45. The summed E-state index contributed by atoms with van der Waals surface area (Å²) in [6, 6.07) is 9.52. The molecular weight excluding hydrogens is 230 g/mol. The first-order valence-corrected chi connectivity index (χ1v) is 5.54. The zero-order valence-electron chi connectivity index (χ0n) is 9.91. The number of benzene rings is 1. The smallest absolute Gasteiger partial charge is 0.413 e. The number of rotatable bonds is 3. The van der Waals surface area contributed by atoms with Crippen molar-refractivity contribution in [2.24, 2.45) is 0 Å². The molecule has 1 atom stereocenters. The molecule has 18 heavy (non-hydrogen) atoms. The average Bonchev–Trinajstić information content (AvgIpc) is 2.40. The van der Waals surface area contributed by atoms with Gasteiger partial charge in [-0.25, -0.2) is 9.78 Å². The van der Waals surface area contributed by atoms with E-state index in [2.05, 4.69) is 15.3 Å². The van der Waals surface area contributed by atoms with Crippen LogP contribution in [0.2, 0.25) is 0 Å². The SMILES string of the molecule is CC(OC(=O)Nc1cnccn1)c1ccccc1. The van der Waals surface area contributed by atoms with E-state index in [0.29, 0.717) is 5.82 Å². The third-order valence-electron chi connectivity index (χ3n) is 2.35. The molecule has 2 rings (SSSR count). The van der Waals surface area contributed by atoms with Gasteiger partial charge in [0.05, 0.1) is 6.20 Å². The van der Waals surface area contributed by atoms with E-state index >= 15 is 0 Å². The fourth-order valence-electron chi connectivity index (χ4n) is 1.45. The highest BCUT2D eigenvalue weighted by atomic mass is 16.6. The van der Waals surface area contributed by atoms with Gasteiger partial charge in [-0.15, -0.1) is 0 Å². The van der Waals surface area contributed by atoms with Crippen molar-refractivity contribution in [1.82, 2.24) is 9.97 Å².